The second-order valence-corrected chi connectivity index (χ2v) is 3.82. The van der Waals surface area contributed by atoms with Crippen molar-refractivity contribution in [3.63, 3.8) is 0 Å². The van der Waals surface area contributed by atoms with E-state index >= 15 is 0 Å². The van der Waals surface area contributed by atoms with E-state index < -0.39 is 18.0 Å². The molecule has 110 valence electrons. The Balaban J connectivity index is 2.35. The lowest BCUT2D eigenvalue weighted by Gasteiger charge is -2.14. The van der Waals surface area contributed by atoms with E-state index in [-0.39, 0.29) is 17.2 Å². The molecule has 2 rings (SSSR count). The highest BCUT2D eigenvalue weighted by atomic mass is 19.4. The van der Waals surface area contributed by atoms with Crippen LogP contribution in [0.15, 0.2) is 42.6 Å². The molecular formula is C13H9F3N2O3. The smallest absolute Gasteiger partial charge is 0.434 e. The number of nitrogens with zero attached hydrogens (tertiary/aromatic N) is 1. The molecule has 0 bridgehead atoms. The van der Waals surface area contributed by atoms with Crippen molar-refractivity contribution in [2.24, 2.45) is 5.73 Å². The Morgan fingerprint density at radius 3 is 2.38 bits per heavy atom. The minimum absolute atomic E-state index is 0.0562. The number of hydrogen-bond acceptors (Lipinski definition) is 4. The van der Waals surface area contributed by atoms with Gasteiger partial charge in [0.25, 0.3) is 5.91 Å². The topological polar surface area (TPSA) is 74.4 Å². The molecule has 0 saturated carbocycles. The molecule has 21 heavy (non-hydrogen) atoms. The first-order valence-electron chi connectivity index (χ1n) is 5.64. The summed E-state index contributed by atoms with van der Waals surface area (Å²) in [6.07, 6.45) is -3.55. The highest BCUT2D eigenvalue weighted by molar-refractivity contribution is 5.95. The maximum absolute atomic E-state index is 12.3. The van der Waals surface area contributed by atoms with Gasteiger partial charge in [0.2, 0.25) is 5.88 Å². The number of hydrogen-bond donors (Lipinski definition) is 1. The van der Waals surface area contributed by atoms with Crippen molar-refractivity contribution in [2.45, 2.75) is 6.36 Å². The third-order valence-electron chi connectivity index (χ3n) is 2.32. The van der Waals surface area contributed by atoms with Gasteiger partial charge in [-0.1, -0.05) is 12.1 Å². The first-order valence-corrected chi connectivity index (χ1v) is 5.64. The molecule has 0 aliphatic heterocycles. The second kappa shape index (κ2) is 5.70. The Morgan fingerprint density at radius 1 is 1.10 bits per heavy atom. The normalized spacial score (nSPS) is 11.0. The summed E-state index contributed by atoms with van der Waals surface area (Å²) in [6.45, 7) is 0. The number of rotatable bonds is 4. The van der Waals surface area contributed by atoms with Gasteiger partial charge in [0, 0.05) is 6.20 Å². The van der Waals surface area contributed by atoms with Crippen molar-refractivity contribution in [2.75, 3.05) is 0 Å². The van der Waals surface area contributed by atoms with Gasteiger partial charge in [-0.05, 0) is 24.3 Å². The van der Waals surface area contributed by atoms with E-state index in [1.165, 1.54) is 36.5 Å². The van der Waals surface area contributed by atoms with Crippen molar-refractivity contribution in [3.05, 3.63) is 48.2 Å². The molecule has 1 heterocycles. The van der Waals surface area contributed by atoms with Crippen LogP contribution in [0.1, 0.15) is 10.4 Å². The van der Waals surface area contributed by atoms with E-state index in [0.717, 1.165) is 6.07 Å². The fourth-order valence-electron chi connectivity index (χ4n) is 1.51. The molecule has 2 N–H and O–H groups in total. The number of ether oxygens (including phenoxy) is 2. The van der Waals surface area contributed by atoms with Crippen LogP contribution in [0.5, 0.6) is 17.4 Å². The molecule has 2 aromatic rings. The van der Waals surface area contributed by atoms with Gasteiger partial charge in [0.15, 0.2) is 11.5 Å². The number of benzene rings is 1. The summed E-state index contributed by atoms with van der Waals surface area (Å²) in [5.41, 5.74) is 5.08. The van der Waals surface area contributed by atoms with Crippen molar-refractivity contribution in [1.82, 2.24) is 4.98 Å². The fourth-order valence-corrected chi connectivity index (χ4v) is 1.51. The molecule has 8 heteroatoms. The molecule has 0 unspecified atom stereocenters. The number of alkyl halides is 3. The van der Waals surface area contributed by atoms with Crippen LogP contribution in [-0.4, -0.2) is 17.3 Å². The molecule has 0 fully saturated rings. The minimum Gasteiger partial charge on any atom is -0.434 e. The Bertz CT molecular complexity index is 659. The lowest BCUT2D eigenvalue weighted by molar-refractivity contribution is -0.275. The van der Waals surface area contributed by atoms with E-state index in [4.69, 9.17) is 10.5 Å². The van der Waals surface area contributed by atoms with Gasteiger partial charge >= 0.3 is 6.36 Å². The Labute approximate surface area is 117 Å². The quantitative estimate of drug-likeness (QED) is 0.941. The van der Waals surface area contributed by atoms with Gasteiger partial charge < -0.3 is 15.2 Å². The van der Waals surface area contributed by atoms with Gasteiger partial charge in [0.05, 0.1) is 0 Å². The molecule has 0 saturated heterocycles. The van der Waals surface area contributed by atoms with E-state index in [1.807, 2.05) is 0 Å². The average Bonchev–Trinajstić information content (AvgIpc) is 2.40. The summed E-state index contributed by atoms with van der Waals surface area (Å²) in [5, 5.41) is 0. The zero-order valence-electron chi connectivity index (χ0n) is 10.4. The Morgan fingerprint density at radius 2 is 1.76 bits per heavy atom. The first-order chi connectivity index (χ1) is 9.87. The fraction of sp³-hybridized carbons (Fsp3) is 0.0769. The maximum atomic E-state index is 12.3. The lowest BCUT2D eigenvalue weighted by atomic mass is 10.2. The van der Waals surface area contributed by atoms with Crippen LogP contribution in [0.4, 0.5) is 13.2 Å². The SMILES string of the molecule is NC(=O)c1cccnc1Oc1ccccc1OC(F)(F)F. The van der Waals surface area contributed by atoms with Gasteiger partial charge in [-0.15, -0.1) is 13.2 Å². The summed E-state index contributed by atoms with van der Waals surface area (Å²) in [7, 11) is 0. The Kier molecular flexibility index (Phi) is 3.97. The first kappa shape index (κ1) is 14.6. The van der Waals surface area contributed by atoms with Crippen LogP contribution >= 0.6 is 0 Å². The third kappa shape index (κ3) is 3.85. The van der Waals surface area contributed by atoms with Crippen LogP contribution in [-0.2, 0) is 0 Å². The number of carbonyl (C=O) groups excluding carboxylic acids is 1. The van der Waals surface area contributed by atoms with Crippen molar-refractivity contribution in [1.29, 1.82) is 0 Å². The molecule has 0 aliphatic carbocycles. The van der Waals surface area contributed by atoms with E-state index in [2.05, 4.69) is 9.72 Å². The highest BCUT2D eigenvalue weighted by Crippen LogP contribution is 2.35. The number of halogens is 3. The van der Waals surface area contributed by atoms with E-state index in [0.29, 0.717) is 0 Å². The number of aromatic nitrogens is 1. The largest absolute Gasteiger partial charge is 0.573 e. The second-order valence-electron chi connectivity index (χ2n) is 3.82. The monoisotopic (exact) mass is 298 g/mol. The lowest BCUT2D eigenvalue weighted by Crippen LogP contribution is -2.17. The number of pyridine rings is 1. The molecule has 0 radical (unpaired) electrons. The van der Waals surface area contributed by atoms with Crippen LogP contribution in [0.2, 0.25) is 0 Å². The van der Waals surface area contributed by atoms with Gasteiger partial charge in [-0.25, -0.2) is 4.98 Å². The third-order valence-corrected chi connectivity index (χ3v) is 2.32. The number of primary amides is 1. The van der Waals surface area contributed by atoms with Crippen molar-refractivity contribution < 1.29 is 27.4 Å². The van der Waals surface area contributed by atoms with E-state index in [9.17, 15) is 18.0 Å². The molecule has 0 spiro atoms. The van der Waals surface area contributed by atoms with Crippen LogP contribution in [0, 0.1) is 0 Å². The predicted molar refractivity (Wildman–Crippen MR) is 66.0 cm³/mol. The standard InChI is InChI=1S/C13H9F3N2O3/c14-13(15,16)21-10-6-2-1-5-9(10)20-12-8(11(17)19)4-3-7-18-12/h1-7H,(H2,17,19). The van der Waals surface area contributed by atoms with Gasteiger partial charge in [-0.3, -0.25) is 4.79 Å². The molecule has 0 aliphatic rings. The summed E-state index contributed by atoms with van der Waals surface area (Å²) in [5.74, 6) is -1.81. The predicted octanol–water partition coefficient (Wildman–Crippen LogP) is 2.87. The Hall–Kier alpha value is -2.77. The highest BCUT2D eigenvalue weighted by Gasteiger charge is 2.32. The molecule has 0 atom stereocenters. The molecule has 1 amide bonds. The maximum Gasteiger partial charge on any atom is 0.573 e. The van der Waals surface area contributed by atoms with E-state index in [1.54, 1.807) is 0 Å². The van der Waals surface area contributed by atoms with Crippen LogP contribution in [0.3, 0.4) is 0 Å². The zero-order valence-corrected chi connectivity index (χ0v) is 10.4. The molecule has 1 aromatic heterocycles. The summed E-state index contributed by atoms with van der Waals surface area (Å²) in [4.78, 5) is 15.0. The summed E-state index contributed by atoms with van der Waals surface area (Å²) < 4.78 is 45.9. The summed E-state index contributed by atoms with van der Waals surface area (Å²) in [6, 6.07) is 7.92. The molecule has 5 nitrogen and oxygen atoms in total. The number of carbonyl (C=O) groups is 1. The summed E-state index contributed by atoms with van der Waals surface area (Å²) >= 11 is 0. The van der Waals surface area contributed by atoms with Crippen molar-refractivity contribution in [3.8, 4) is 17.4 Å². The number of para-hydroxylation sites is 2. The van der Waals surface area contributed by atoms with Crippen molar-refractivity contribution >= 4 is 5.91 Å². The van der Waals surface area contributed by atoms with Crippen LogP contribution in [0.25, 0.3) is 0 Å². The van der Waals surface area contributed by atoms with Gasteiger partial charge in [0.1, 0.15) is 5.56 Å². The average molecular weight is 298 g/mol. The molecular weight excluding hydrogens is 289 g/mol. The number of amides is 1. The van der Waals surface area contributed by atoms with Gasteiger partial charge in [-0.2, -0.15) is 0 Å². The number of nitrogens with two attached hydrogens (primary N) is 1. The molecule has 1 aromatic carbocycles. The van der Waals surface area contributed by atoms with Crippen LogP contribution < -0.4 is 15.2 Å². The zero-order chi connectivity index (χ0) is 15.5. The minimum atomic E-state index is -4.86.